The van der Waals surface area contributed by atoms with Crippen LogP contribution in [0.2, 0.25) is 0 Å². The van der Waals surface area contributed by atoms with Gasteiger partial charge < -0.3 is 5.11 Å². The summed E-state index contributed by atoms with van der Waals surface area (Å²) in [6.07, 6.45) is 1.15. The number of rotatable bonds is 5. The van der Waals surface area contributed by atoms with Gasteiger partial charge in [0.25, 0.3) is 5.69 Å². The average molecular weight is 349 g/mol. The van der Waals surface area contributed by atoms with Gasteiger partial charge in [0.05, 0.1) is 9.40 Å². The summed E-state index contributed by atoms with van der Waals surface area (Å²) in [5, 5.41) is 19.7. The van der Waals surface area contributed by atoms with Crippen molar-refractivity contribution in [1.29, 1.82) is 0 Å². The molecule has 1 heterocycles. The lowest BCUT2D eigenvalue weighted by molar-refractivity contribution is -0.385. The lowest BCUT2D eigenvalue weighted by atomic mass is 10.1. The quantitative estimate of drug-likeness (QED) is 0.498. The molecule has 0 bridgehead atoms. The molecule has 0 saturated carbocycles. The van der Waals surface area contributed by atoms with E-state index < -0.39 is 16.1 Å². The summed E-state index contributed by atoms with van der Waals surface area (Å²) in [5.41, 5.74) is 0.350. The van der Waals surface area contributed by atoms with E-state index in [0.717, 1.165) is 18.0 Å². The third kappa shape index (κ3) is 3.66. The van der Waals surface area contributed by atoms with Gasteiger partial charge in [0, 0.05) is 5.56 Å². The van der Waals surface area contributed by atoms with Gasteiger partial charge in [0.15, 0.2) is 0 Å². The summed E-state index contributed by atoms with van der Waals surface area (Å²) in [6, 6.07) is 0. The Kier molecular flexibility index (Phi) is 5.30. The second kappa shape index (κ2) is 6.33. The number of pyridine rings is 1. The van der Waals surface area contributed by atoms with Crippen LogP contribution in [0.3, 0.4) is 0 Å². The van der Waals surface area contributed by atoms with Gasteiger partial charge in [-0.05, 0) is 28.8 Å². The van der Waals surface area contributed by atoms with E-state index in [9.17, 15) is 14.9 Å². The molecule has 0 aliphatic heterocycles. The minimum Gasteiger partial charge on any atom is -0.480 e. The Bertz CT molecular complexity index is 522. The Balaban J connectivity index is 3.13. The molecule has 0 spiro atoms. The predicted molar refractivity (Wildman–Crippen MR) is 75.4 cm³/mol. The SMILES string of the molecule is Cc1c([N+](=O)[O-])cnc(SC(C(=O)O)C(C)C)c1Br. The highest BCUT2D eigenvalue weighted by Crippen LogP contribution is 2.36. The molecular formula is C11H13BrN2O4S. The van der Waals surface area contributed by atoms with E-state index in [0.29, 0.717) is 15.1 Å². The fourth-order valence-corrected chi connectivity index (χ4v) is 2.97. The minimum atomic E-state index is -0.926. The topological polar surface area (TPSA) is 93.3 Å². The van der Waals surface area contributed by atoms with Crippen molar-refractivity contribution in [3.05, 3.63) is 26.3 Å². The van der Waals surface area contributed by atoms with E-state index in [1.54, 1.807) is 20.8 Å². The molecule has 6 nitrogen and oxygen atoms in total. The van der Waals surface area contributed by atoms with E-state index in [1.807, 2.05) is 0 Å². The van der Waals surface area contributed by atoms with E-state index in [2.05, 4.69) is 20.9 Å². The summed E-state index contributed by atoms with van der Waals surface area (Å²) >= 11 is 4.33. The number of thioether (sulfide) groups is 1. The predicted octanol–water partition coefficient (Wildman–Crippen LogP) is 3.26. The number of hydrogen-bond donors (Lipinski definition) is 1. The number of aliphatic carboxylic acids is 1. The highest BCUT2D eigenvalue weighted by atomic mass is 79.9. The van der Waals surface area contributed by atoms with Gasteiger partial charge in [0.1, 0.15) is 16.5 Å². The number of carboxylic acids is 1. The maximum atomic E-state index is 11.1. The lowest BCUT2D eigenvalue weighted by Gasteiger charge is -2.16. The summed E-state index contributed by atoms with van der Waals surface area (Å²) in [5.74, 6) is -1.00. The second-order valence-corrected chi connectivity index (χ2v) is 6.19. The van der Waals surface area contributed by atoms with E-state index in [4.69, 9.17) is 5.11 Å². The summed E-state index contributed by atoms with van der Waals surface area (Å²) in [4.78, 5) is 25.4. The van der Waals surface area contributed by atoms with Gasteiger partial charge >= 0.3 is 5.97 Å². The number of aromatic nitrogens is 1. The van der Waals surface area contributed by atoms with Crippen LogP contribution in [0.25, 0.3) is 0 Å². The number of nitrogens with zero attached hydrogens (tertiary/aromatic N) is 2. The van der Waals surface area contributed by atoms with Gasteiger partial charge in [-0.25, -0.2) is 4.98 Å². The molecule has 1 unspecified atom stereocenters. The monoisotopic (exact) mass is 348 g/mol. The van der Waals surface area contributed by atoms with Gasteiger partial charge in [0.2, 0.25) is 0 Å². The molecule has 1 aromatic heterocycles. The van der Waals surface area contributed by atoms with Crippen LogP contribution >= 0.6 is 27.7 Å². The Hall–Kier alpha value is -1.15. The van der Waals surface area contributed by atoms with Crippen molar-refractivity contribution >= 4 is 39.3 Å². The molecule has 0 fully saturated rings. The lowest BCUT2D eigenvalue weighted by Crippen LogP contribution is -2.22. The number of halogens is 1. The van der Waals surface area contributed by atoms with Crippen LogP contribution in [-0.2, 0) is 4.79 Å². The van der Waals surface area contributed by atoms with E-state index in [-0.39, 0.29) is 11.6 Å². The van der Waals surface area contributed by atoms with E-state index in [1.165, 1.54) is 0 Å². The molecule has 1 aromatic rings. The normalized spacial score (nSPS) is 12.5. The molecule has 104 valence electrons. The number of carboxylic acid groups (broad SMARTS) is 1. The summed E-state index contributed by atoms with van der Waals surface area (Å²) in [7, 11) is 0. The zero-order valence-corrected chi connectivity index (χ0v) is 13.0. The molecule has 0 aliphatic carbocycles. The molecule has 0 saturated heterocycles. The molecule has 1 atom stereocenters. The standard InChI is InChI=1S/C11H13BrN2O4S/c1-5(2)9(11(15)16)19-10-8(12)6(3)7(4-13-10)14(17)18/h4-5,9H,1-3H3,(H,15,16). The van der Waals surface area contributed by atoms with Crippen LogP contribution in [0.5, 0.6) is 0 Å². The van der Waals surface area contributed by atoms with Crippen LogP contribution in [0.15, 0.2) is 15.7 Å². The van der Waals surface area contributed by atoms with Crippen molar-refractivity contribution in [3.8, 4) is 0 Å². The van der Waals surface area contributed by atoms with Crippen molar-refractivity contribution in [1.82, 2.24) is 4.98 Å². The van der Waals surface area contributed by atoms with Crippen molar-refractivity contribution in [3.63, 3.8) is 0 Å². The number of hydrogen-bond acceptors (Lipinski definition) is 5. The molecular weight excluding hydrogens is 336 g/mol. The van der Waals surface area contributed by atoms with E-state index >= 15 is 0 Å². The molecule has 19 heavy (non-hydrogen) atoms. The zero-order chi connectivity index (χ0) is 14.7. The first-order chi connectivity index (χ1) is 8.75. The maximum absolute atomic E-state index is 11.1. The molecule has 0 aromatic carbocycles. The maximum Gasteiger partial charge on any atom is 0.317 e. The van der Waals surface area contributed by atoms with Gasteiger partial charge in [-0.15, -0.1) is 0 Å². The van der Waals surface area contributed by atoms with Crippen LogP contribution in [0.1, 0.15) is 19.4 Å². The molecule has 1 N–H and O–H groups in total. The Morgan fingerprint density at radius 1 is 1.58 bits per heavy atom. The van der Waals surface area contributed by atoms with Crippen LogP contribution in [0.4, 0.5) is 5.69 Å². The van der Waals surface area contributed by atoms with Crippen LogP contribution < -0.4 is 0 Å². The Labute approximate surface area is 122 Å². The number of nitro groups is 1. The van der Waals surface area contributed by atoms with Crippen molar-refractivity contribution in [2.24, 2.45) is 5.92 Å². The van der Waals surface area contributed by atoms with Gasteiger partial charge in [-0.3, -0.25) is 14.9 Å². The third-order valence-corrected chi connectivity index (χ3v) is 5.25. The second-order valence-electron chi connectivity index (χ2n) is 4.27. The zero-order valence-electron chi connectivity index (χ0n) is 10.6. The fraction of sp³-hybridized carbons (Fsp3) is 0.455. The highest BCUT2D eigenvalue weighted by Gasteiger charge is 2.26. The summed E-state index contributed by atoms with van der Waals surface area (Å²) < 4.78 is 0.471. The molecule has 8 heteroatoms. The van der Waals surface area contributed by atoms with Crippen molar-refractivity contribution in [2.45, 2.75) is 31.0 Å². The first-order valence-electron chi connectivity index (χ1n) is 5.44. The minimum absolute atomic E-state index is 0.0771. The fourth-order valence-electron chi connectivity index (χ4n) is 1.40. The van der Waals surface area contributed by atoms with Crippen LogP contribution in [0, 0.1) is 23.0 Å². The molecule has 1 rings (SSSR count). The Morgan fingerprint density at radius 3 is 2.58 bits per heavy atom. The first kappa shape index (κ1) is 15.9. The van der Waals surface area contributed by atoms with Crippen molar-refractivity contribution in [2.75, 3.05) is 0 Å². The summed E-state index contributed by atoms with van der Waals surface area (Å²) in [6.45, 7) is 5.20. The van der Waals surface area contributed by atoms with Crippen molar-refractivity contribution < 1.29 is 14.8 Å². The van der Waals surface area contributed by atoms with Crippen LogP contribution in [-0.4, -0.2) is 26.2 Å². The largest absolute Gasteiger partial charge is 0.480 e. The smallest absolute Gasteiger partial charge is 0.317 e. The molecule has 0 aliphatic rings. The molecule has 0 radical (unpaired) electrons. The first-order valence-corrected chi connectivity index (χ1v) is 7.12. The average Bonchev–Trinajstić information content (AvgIpc) is 2.29. The number of carbonyl (C=O) groups is 1. The Morgan fingerprint density at radius 2 is 2.16 bits per heavy atom. The van der Waals surface area contributed by atoms with Gasteiger partial charge in [-0.1, -0.05) is 25.6 Å². The molecule has 0 amide bonds. The third-order valence-electron chi connectivity index (χ3n) is 2.49. The van der Waals surface area contributed by atoms with Gasteiger partial charge in [-0.2, -0.15) is 0 Å². The highest BCUT2D eigenvalue weighted by molar-refractivity contribution is 9.10.